The molecule has 1 rings (SSSR count). The second-order valence-corrected chi connectivity index (χ2v) is 5.25. The minimum absolute atomic E-state index is 0.228. The molecule has 0 saturated heterocycles. The van der Waals surface area contributed by atoms with Crippen molar-refractivity contribution >= 4 is 12.9 Å². The number of hydrogen-bond donors (Lipinski definition) is 1. The molecule has 0 heterocycles. The first kappa shape index (κ1) is 13.2. The Kier molecular flexibility index (Phi) is 4.94. The predicted molar refractivity (Wildman–Crippen MR) is 66.0 cm³/mol. The van der Waals surface area contributed by atoms with Crippen molar-refractivity contribution in [2.45, 2.75) is 19.8 Å². The quantitative estimate of drug-likeness (QED) is 0.614. The Morgan fingerprint density at radius 3 is 2.56 bits per heavy atom. The molecule has 88 valence electrons. The fraction of sp³-hybridized carbons (Fsp3) is 0.333. The smallest absolute Gasteiger partial charge is 0.321 e. The molecule has 3 nitrogen and oxygen atoms in total. The SMILES string of the molecule is C=CCCc1ccc(P(=O)(O)OCC)cc1. The van der Waals surface area contributed by atoms with Crippen molar-refractivity contribution in [1.29, 1.82) is 0 Å². The first-order valence-electron chi connectivity index (χ1n) is 5.28. The van der Waals surface area contributed by atoms with E-state index in [1.165, 1.54) is 0 Å². The Morgan fingerprint density at radius 2 is 2.06 bits per heavy atom. The summed E-state index contributed by atoms with van der Waals surface area (Å²) in [6.45, 7) is 5.58. The van der Waals surface area contributed by atoms with E-state index in [-0.39, 0.29) is 6.61 Å². The molecule has 1 atom stereocenters. The molecule has 0 fully saturated rings. The molecule has 4 heteroatoms. The molecule has 16 heavy (non-hydrogen) atoms. The molecule has 0 aliphatic carbocycles. The number of benzene rings is 1. The Balaban J connectivity index is 2.78. The third-order valence-corrected chi connectivity index (χ3v) is 3.76. The van der Waals surface area contributed by atoms with E-state index in [0.29, 0.717) is 5.30 Å². The van der Waals surface area contributed by atoms with Crippen LogP contribution in [-0.2, 0) is 15.5 Å². The molecule has 1 aromatic rings. The van der Waals surface area contributed by atoms with Gasteiger partial charge in [0.2, 0.25) is 0 Å². The highest BCUT2D eigenvalue weighted by molar-refractivity contribution is 7.61. The Bertz CT molecular complexity index is 384. The molecule has 0 bridgehead atoms. The average Bonchev–Trinajstić information content (AvgIpc) is 2.27. The largest absolute Gasteiger partial charge is 0.358 e. The van der Waals surface area contributed by atoms with Gasteiger partial charge in [-0.2, -0.15) is 0 Å². The van der Waals surface area contributed by atoms with Crippen molar-refractivity contribution in [1.82, 2.24) is 0 Å². The second-order valence-electron chi connectivity index (χ2n) is 3.43. The van der Waals surface area contributed by atoms with E-state index < -0.39 is 7.60 Å². The molecule has 0 aliphatic heterocycles. The third-order valence-electron chi connectivity index (χ3n) is 2.20. The van der Waals surface area contributed by atoms with Gasteiger partial charge in [0.05, 0.1) is 11.9 Å². The standard InChI is InChI=1S/C12H17O3P/c1-3-5-6-11-7-9-12(10-8-11)16(13,14)15-4-2/h3,7-10H,1,4-6H2,2H3,(H,13,14). The van der Waals surface area contributed by atoms with E-state index in [1.807, 2.05) is 18.2 Å². The zero-order chi connectivity index (χ0) is 12.0. The zero-order valence-corrected chi connectivity index (χ0v) is 10.3. The Labute approximate surface area is 96.3 Å². The van der Waals surface area contributed by atoms with Crippen molar-refractivity contribution < 1.29 is 14.0 Å². The van der Waals surface area contributed by atoms with Crippen LogP contribution in [0.4, 0.5) is 0 Å². The zero-order valence-electron chi connectivity index (χ0n) is 9.43. The van der Waals surface area contributed by atoms with Gasteiger partial charge in [-0.05, 0) is 37.5 Å². The molecule has 0 amide bonds. The van der Waals surface area contributed by atoms with Gasteiger partial charge in [-0.15, -0.1) is 6.58 Å². The van der Waals surface area contributed by atoms with Crippen LogP contribution in [0, 0.1) is 0 Å². The van der Waals surface area contributed by atoms with Gasteiger partial charge in [-0.1, -0.05) is 18.2 Å². The third kappa shape index (κ3) is 3.60. The van der Waals surface area contributed by atoms with Crippen LogP contribution in [0.15, 0.2) is 36.9 Å². The maximum Gasteiger partial charge on any atom is 0.358 e. The molecule has 0 saturated carbocycles. The summed E-state index contributed by atoms with van der Waals surface area (Å²) >= 11 is 0. The summed E-state index contributed by atoms with van der Waals surface area (Å²) in [4.78, 5) is 9.57. The van der Waals surface area contributed by atoms with E-state index in [1.54, 1.807) is 19.1 Å². The van der Waals surface area contributed by atoms with Crippen molar-refractivity contribution in [2.24, 2.45) is 0 Å². The number of hydrogen-bond acceptors (Lipinski definition) is 2. The van der Waals surface area contributed by atoms with Crippen LogP contribution in [0.3, 0.4) is 0 Å². The molecular formula is C12H17O3P. The van der Waals surface area contributed by atoms with Crippen LogP contribution in [0.2, 0.25) is 0 Å². The van der Waals surface area contributed by atoms with Crippen LogP contribution in [0.1, 0.15) is 18.9 Å². The van der Waals surface area contributed by atoms with E-state index in [4.69, 9.17) is 4.52 Å². The monoisotopic (exact) mass is 240 g/mol. The number of aryl methyl sites for hydroxylation is 1. The lowest BCUT2D eigenvalue weighted by Crippen LogP contribution is -2.07. The van der Waals surface area contributed by atoms with Crippen LogP contribution in [0.5, 0.6) is 0 Å². The topological polar surface area (TPSA) is 46.5 Å². The van der Waals surface area contributed by atoms with Gasteiger partial charge in [0.25, 0.3) is 0 Å². The molecular weight excluding hydrogens is 223 g/mol. The number of rotatable bonds is 6. The lowest BCUT2D eigenvalue weighted by molar-refractivity contribution is 0.284. The highest BCUT2D eigenvalue weighted by atomic mass is 31.2. The van der Waals surface area contributed by atoms with Crippen molar-refractivity contribution in [3.05, 3.63) is 42.5 Å². The van der Waals surface area contributed by atoms with Gasteiger partial charge in [0.1, 0.15) is 0 Å². The summed E-state index contributed by atoms with van der Waals surface area (Å²) in [6.07, 6.45) is 3.65. The van der Waals surface area contributed by atoms with Crippen LogP contribution in [-0.4, -0.2) is 11.5 Å². The molecule has 0 radical (unpaired) electrons. The summed E-state index contributed by atoms with van der Waals surface area (Å²) in [7, 11) is -3.61. The molecule has 1 N–H and O–H groups in total. The fourth-order valence-corrected chi connectivity index (χ4v) is 2.39. The highest BCUT2D eigenvalue weighted by Gasteiger charge is 2.21. The lowest BCUT2D eigenvalue weighted by atomic mass is 10.1. The molecule has 0 spiro atoms. The average molecular weight is 240 g/mol. The van der Waals surface area contributed by atoms with Crippen molar-refractivity contribution in [3.63, 3.8) is 0 Å². The minimum Gasteiger partial charge on any atom is -0.321 e. The summed E-state index contributed by atoms with van der Waals surface area (Å²) < 4.78 is 16.5. The van der Waals surface area contributed by atoms with Gasteiger partial charge >= 0.3 is 7.60 Å². The van der Waals surface area contributed by atoms with E-state index in [9.17, 15) is 9.46 Å². The fourth-order valence-electron chi connectivity index (χ4n) is 1.37. The molecule has 1 aromatic carbocycles. The normalized spacial score (nSPS) is 14.4. The Hall–Kier alpha value is -0.890. The van der Waals surface area contributed by atoms with Crippen molar-refractivity contribution in [2.75, 3.05) is 6.61 Å². The van der Waals surface area contributed by atoms with Gasteiger partial charge in [0, 0.05) is 0 Å². The summed E-state index contributed by atoms with van der Waals surface area (Å²) in [5, 5.41) is 0.344. The predicted octanol–water partition coefficient (Wildman–Crippen LogP) is 2.65. The van der Waals surface area contributed by atoms with Gasteiger partial charge in [-0.3, -0.25) is 4.57 Å². The molecule has 0 aromatic heterocycles. The summed E-state index contributed by atoms with van der Waals surface area (Å²) in [5.41, 5.74) is 1.13. The number of allylic oxidation sites excluding steroid dienone is 1. The van der Waals surface area contributed by atoms with Crippen LogP contribution < -0.4 is 5.30 Å². The maximum atomic E-state index is 11.7. The minimum atomic E-state index is -3.61. The molecule has 0 aliphatic rings. The Morgan fingerprint density at radius 1 is 1.44 bits per heavy atom. The summed E-state index contributed by atoms with van der Waals surface area (Å²) in [6, 6.07) is 6.99. The van der Waals surface area contributed by atoms with Gasteiger partial charge < -0.3 is 9.42 Å². The van der Waals surface area contributed by atoms with Crippen LogP contribution in [0.25, 0.3) is 0 Å². The lowest BCUT2D eigenvalue weighted by Gasteiger charge is -2.11. The van der Waals surface area contributed by atoms with Gasteiger partial charge in [0.15, 0.2) is 0 Å². The maximum absolute atomic E-state index is 11.7. The highest BCUT2D eigenvalue weighted by Crippen LogP contribution is 2.40. The summed E-state index contributed by atoms with van der Waals surface area (Å²) in [5.74, 6) is 0. The molecule has 1 unspecified atom stereocenters. The van der Waals surface area contributed by atoms with Gasteiger partial charge in [-0.25, -0.2) is 0 Å². The van der Waals surface area contributed by atoms with Crippen molar-refractivity contribution in [3.8, 4) is 0 Å². The van der Waals surface area contributed by atoms with E-state index in [0.717, 1.165) is 18.4 Å². The first-order valence-corrected chi connectivity index (χ1v) is 6.85. The van der Waals surface area contributed by atoms with Crippen LogP contribution >= 0.6 is 7.60 Å². The first-order chi connectivity index (χ1) is 7.60. The van der Waals surface area contributed by atoms with E-state index >= 15 is 0 Å². The second kappa shape index (κ2) is 6.00. The van der Waals surface area contributed by atoms with E-state index in [2.05, 4.69) is 6.58 Å².